The number of rotatable bonds is 8. The van der Waals surface area contributed by atoms with E-state index < -0.39 is 34.5 Å². The number of hydrogen-bond donors (Lipinski definition) is 3. The van der Waals surface area contributed by atoms with Gasteiger partial charge in [0.25, 0.3) is 5.91 Å². The van der Waals surface area contributed by atoms with Crippen molar-refractivity contribution in [2.24, 2.45) is 0 Å². The van der Waals surface area contributed by atoms with Crippen molar-refractivity contribution >= 4 is 27.9 Å². The Morgan fingerprint density at radius 2 is 1.93 bits per heavy atom. The largest absolute Gasteiger partial charge is 0.467 e. The summed E-state index contributed by atoms with van der Waals surface area (Å²) in [4.78, 5) is 35.5. The number of carbonyl (C=O) groups excluding carboxylic acids is 3. The maximum Gasteiger partial charge on any atom is 0.338 e. The van der Waals surface area contributed by atoms with Gasteiger partial charge in [-0.3, -0.25) is 10.1 Å². The summed E-state index contributed by atoms with van der Waals surface area (Å²) in [5.74, 6) is -1.23. The molecule has 2 rings (SSSR count). The van der Waals surface area contributed by atoms with Gasteiger partial charge in [0.2, 0.25) is 10.0 Å². The molecule has 0 saturated heterocycles. The maximum atomic E-state index is 12.2. The monoisotopic (exact) mass is 423 g/mol. The summed E-state index contributed by atoms with van der Waals surface area (Å²) in [6.07, 6.45) is 1.44. The van der Waals surface area contributed by atoms with E-state index in [1.54, 1.807) is 26.0 Å². The number of amides is 3. The van der Waals surface area contributed by atoms with Gasteiger partial charge in [-0.15, -0.1) is 0 Å². The summed E-state index contributed by atoms with van der Waals surface area (Å²) in [5, 5.41) is 4.40. The summed E-state index contributed by atoms with van der Waals surface area (Å²) in [5.41, 5.74) is 0.473. The van der Waals surface area contributed by atoms with Crippen LogP contribution >= 0.6 is 0 Å². The quantitative estimate of drug-likeness (QED) is 0.539. The highest BCUT2D eigenvalue weighted by molar-refractivity contribution is 7.89. The van der Waals surface area contributed by atoms with Crippen LogP contribution in [0.1, 0.15) is 28.6 Å². The molecule has 11 heteroatoms. The lowest BCUT2D eigenvalue weighted by molar-refractivity contribution is -0.123. The van der Waals surface area contributed by atoms with E-state index in [1.807, 2.05) is 5.32 Å². The molecule has 1 aromatic heterocycles. The molecule has 0 saturated carbocycles. The molecule has 10 nitrogen and oxygen atoms in total. The number of urea groups is 1. The van der Waals surface area contributed by atoms with E-state index in [4.69, 9.17) is 9.15 Å². The minimum atomic E-state index is -3.75. The van der Waals surface area contributed by atoms with Crippen LogP contribution < -0.4 is 15.4 Å². The molecule has 0 radical (unpaired) electrons. The molecule has 1 aromatic carbocycles. The lowest BCUT2D eigenvalue weighted by Crippen LogP contribution is -2.41. The molecule has 0 spiro atoms. The first-order chi connectivity index (χ1) is 13.7. The van der Waals surface area contributed by atoms with Gasteiger partial charge >= 0.3 is 12.0 Å². The molecule has 29 heavy (non-hydrogen) atoms. The van der Waals surface area contributed by atoms with Gasteiger partial charge in [-0.25, -0.2) is 22.7 Å². The van der Waals surface area contributed by atoms with E-state index in [-0.39, 0.29) is 23.5 Å². The van der Waals surface area contributed by atoms with E-state index in [0.717, 1.165) is 0 Å². The number of aryl methyl sites for hydroxylation is 1. The number of furan rings is 1. The third kappa shape index (κ3) is 6.43. The number of sulfonamides is 1. The number of esters is 1. The Morgan fingerprint density at radius 1 is 1.17 bits per heavy atom. The van der Waals surface area contributed by atoms with E-state index in [1.165, 1.54) is 24.5 Å². The number of carbonyl (C=O) groups is 3. The number of imide groups is 1. The van der Waals surface area contributed by atoms with Gasteiger partial charge in [-0.2, -0.15) is 0 Å². The molecule has 0 aliphatic heterocycles. The molecule has 0 atom stereocenters. The second-order valence-corrected chi connectivity index (χ2v) is 7.63. The lowest BCUT2D eigenvalue weighted by atomic mass is 10.1. The zero-order chi connectivity index (χ0) is 21.4. The molecular formula is C18H21N3O7S. The number of nitrogens with one attached hydrogen (secondary N) is 3. The summed E-state index contributed by atoms with van der Waals surface area (Å²) in [7, 11) is -3.75. The van der Waals surface area contributed by atoms with Gasteiger partial charge < -0.3 is 14.5 Å². The van der Waals surface area contributed by atoms with E-state index in [2.05, 4.69) is 10.0 Å². The Morgan fingerprint density at radius 3 is 2.59 bits per heavy atom. The average molecular weight is 423 g/mol. The van der Waals surface area contributed by atoms with Gasteiger partial charge in [0.1, 0.15) is 5.76 Å². The van der Waals surface area contributed by atoms with E-state index in [0.29, 0.717) is 11.3 Å². The number of hydrogen-bond acceptors (Lipinski definition) is 7. The van der Waals surface area contributed by atoms with Crippen LogP contribution in [0.3, 0.4) is 0 Å². The molecule has 0 unspecified atom stereocenters. The summed E-state index contributed by atoms with van der Waals surface area (Å²) in [6, 6.07) is 6.51. The number of ether oxygens (including phenoxy) is 1. The van der Waals surface area contributed by atoms with Gasteiger partial charge in [0.15, 0.2) is 6.61 Å². The molecule has 3 amide bonds. The van der Waals surface area contributed by atoms with Crippen LogP contribution in [0.15, 0.2) is 45.9 Å². The zero-order valence-electron chi connectivity index (χ0n) is 15.9. The van der Waals surface area contributed by atoms with Crippen LogP contribution in [-0.2, 0) is 26.1 Å². The standard InChI is InChI=1S/C18H21N3O7S/c1-3-20-29(25,26)14-7-6-12(2)15(9-14)17(23)28-11-16(22)21-18(24)19-10-13-5-4-8-27-13/h4-9,20H,3,10-11H2,1-2H3,(H2,19,21,22,24). The SMILES string of the molecule is CCNS(=O)(=O)c1ccc(C)c(C(=O)OCC(=O)NC(=O)NCc2ccco2)c1. The molecule has 0 fully saturated rings. The Balaban J connectivity index is 1.91. The third-order valence-electron chi connectivity index (χ3n) is 3.66. The van der Waals surface area contributed by atoms with Crippen molar-refractivity contribution in [1.82, 2.24) is 15.4 Å². The van der Waals surface area contributed by atoms with Crippen molar-refractivity contribution in [3.63, 3.8) is 0 Å². The highest BCUT2D eigenvalue weighted by atomic mass is 32.2. The smallest absolute Gasteiger partial charge is 0.338 e. The van der Waals surface area contributed by atoms with Crippen LogP contribution in [0.4, 0.5) is 4.79 Å². The highest BCUT2D eigenvalue weighted by Crippen LogP contribution is 2.16. The fourth-order valence-electron chi connectivity index (χ4n) is 2.26. The third-order valence-corrected chi connectivity index (χ3v) is 5.21. The summed E-state index contributed by atoms with van der Waals surface area (Å²) < 4.78 is 36.4. The Labute approximate surface area is 167 Å². The van der Waals surface area contributed by atoms with E-state index in [9.17, 15) is 22.8 Å². The average Bonchev–Trinajstić information content (AvgIpc) is 3.18. The van der Waals surface area contributed by atoms with Crippen molar-refractivity contribution in [1.29, 1.82) is 0 Å². The zero-order valence-corrected chi connectivity index (χ0v) is 16.7. The second kappa shape index (κ2) is 9.85. The van der Waals surface area contributed by atoms with Crippen LogP contribution in [0.5, 0.6) is 0 Å². The highest BCUT2D eigenvalue weighted by Gasteiger charge is 2.19. The molecule has 0 bridgehead atoms. The fourth-order valence-corrected chi connectivity index (χ4v) is 3.32. The molecular weight excluding hydrogens is 402 g/mol. The minimum Gasteiger partial charge on any atom is -0.467 e. The first kappa shape index (κ1) is 22.1. The van der Waals surface area contributed by atoms with Crippen LogP contribution in [0.2, 0.25) is 0 Å². The molecule has 0 aliphatic carbocycles. The maximum absolute atomic E-state index is 12.2. The molecule has 3 N–H and O–H groups in total. The van der Waals surface area contributed by atoms with Crippen LogP contribution in [0, 0.1) is 6.92 Å². The van der Waals surface area contributed by atoms with Crippen molar-refractivity contribution in [2.75, 3.05) is 13.2 Å². The molecule has 156 valence electrons. The Bertz CT molecular complexity index is 985. The normalized spacial score (nSPS) is 11.0. The predicted molar refractivity (Wildman–Crippen MR) is 101 cm³/mol. The van der Waals surface area contributed by atoms with Crippen LogP contribution in [-0.4, -0.2) is 39.5 Å². The second-order valence-electron chi connectivity index (χ2n) is 5.86. The molecule has 1 heterocycles. The van der Waals surface area contributed by atoms with Crippen molar-refractivity contribution in [2.45, 2.75) is 25.3 Å². The topological polar surface area (TPSA) is 144 Å². The van der Waals surface area contributed by atoms with Crippen LogP contribution in [0.25, 0.3) is 0 Å². The van der Waals surface area contributed by atoms with Crippen molar-refractivity contribution in [3.8, 4) is 0 Å². The van der Waals surface area contributed by atoms with E-state index >= 15 is 0 Å². The van der Waals surface area contributed by atoms with Crippen molar-refractivity contribution < 1.29 is 32.0 Å². The van der Waals surface area contributed by atoms with Gasteiger partial charge in [0.05, 0.1) is 23.3 Å². The molecule has 2 aromatic rings. The predicted octanol–water partition coefficient (Wildman–Crippen LogP) is 1.07. The van der Waals surface area contributed by atoms with Gasteiger partial charge in [0, 0.05) is 6.54 Å². The Kier molecular flexibility index (Phi) is 7.51. The molecule has 0 aliphatic rings. The van der Waals surface area contributed by atoms with Crippen molar-refractivity contribution in [3.05, 3.63) is 53.5 Å². The minimum absolute atomic E-state index is 0.000881. The van der Waals surface area contributed by atoms with Gasteiger partial charge in [-0.1, -0.05) is 13.0 Å². The Hall–Kier alpha value is -3.18. The summed E-state index contributed by atoms with van der Waals surface area (Å²) in [6.45, 7) is 2.79. The fraction of sp³-hybridized carbons (Fsp3) is 0.278. The lowest BCUT2D eigenvalue weighted by Gasteiger charge is -2.10. The number of benzene rings is 1. The first-order valence-corrected chi connectivity index (χ1v) is 10.1. The van der Waals surface area contributed by atoms with Gasteiger partial charge in [-0.05, 0) is 36.8 Å². The summed E-state index contributed by atoms with van der Waals surface area (Å²) >= 11 is 0. The first-order valence-electron chi connectivity index (χ1n) is 8.60.